The van der Waals surface area contributed by atoms with Crippen LogP contribution in [0.2, 0.25) is 0 Å². The second-order valence-corrected chi connectivity index (χ2v) is 8.19. The van der Waals surface area contributed by atoms with Crippen LogP contribution in [0.5, 0.6) is 5.75 Å². The normalized spacial score (nSPS) is 11.4. The summed E-state index contributed by atoms with van der Waals surface area (Å²) in [5, 5.41) is 9.75. The van der Waals surface area contributed by atoms with Crippen molar-refractivity contribution in [1.29, 1.82) is 0 Å². The van der Waals surface area contributed by atoms with E-state index < -0.39 is 29.9 Å². The molecule has 7 nitrogen and oxygen atoms in total. The number of rotatable bonds is 7. The number of carbonyl (C=O) groups excluding carboxylic acids is 1. The molecular weight excluding hydrogens is 492 g/mol. The van der Waals surface area contributed by atoms with Gasteiger partial charge >= 0.3 is 6.18 Å². The summed E-state index contributed by atoms with van der Waals surface area (Å²) in [6.45, 7) is 5.60. The van der Waals surface area contributed by atoms with E-state index in [1.54, 1.807) is 25.3 Å². The van der Waals surface area contributed by atoms with Gasteiger partial charge in [0, 0.05) is 29.9 Å². The van der Waals surface area contributed by atoms with Crippen LogP contribution in [0.4, 0.5) is 23.2 Å². The number of aromatic nitrogens is 3. The first-order chi connectivity index (χ1) is 17.5. The molecule has 0 aliphatic carbocycles. The van der Waals surface area contributed by atoms with Crippen LogP contribution in [-0.4, -0.2) is 27.7 Å². The lowest BCUT2D eigenvalue weighted by atomic mass is 10.0. The molecule has 11 heteroatoms. The topological polar surface area (TPSA) is 90.1 Å². The molecule has 1 N–H and O–H groups in total. The highest BCUT2D eigenvalue weighted by Gasteiger charge is 2.32. The number of benzene rings is 2. The number of nitrogens with zero attached hydrogens (tertiary/aromatic N) is 3. The number of nitrogens with one attached hydrogen (secondary N) is 1. The van der Waals surface area contributed by atoms with E-state index in [0.717, 1.165) is 12.1 Å². The number of carbonyl (C=O) groups is 1. The first kappa shape index (κ1) is 25.8. The third-order valence-corrected chi connectivity index (χ3v) is 5.39. The minimum absolute atomic E-state index is 0.0145. The molecule has 0 radical (unpaired) electrons. The molecule has 0 saturated heterocycles. The van der Waals surface area contributed by atoms with Gasteiger partial charge in [-0.25, -0.2) is 4.39 Å². The zero-order valence-corrected chi connectivity index (χ0v) is 20.1. The molecule has 0 aliphatic rings. The molecule has 0 aliphatic heterocycles. The van der Waals surface area contributed by atoms with E-state index in [9.17, 15) is 22.4 Å². The fourth-order valence-electron chi connectivity index (χ4n) is 3.62. The number of pyridine rings is 1. The Labute approximate surface area is 209 Å². The van der Waals surface area contributed by atoms with E-state index in [4.69, 9.17) is 9.15 Å². The molecular formula is C26H22F4N4O3. The molecule has 0 spiro atoms. The smallest absolute Gasteiger partial charge is 0.416 e. The summed E-state index contributed by atoms with van der Waals surface area (Å²) in [4.78, 5) is 16.9. The minimum Gasteiger partial charge on any atom is -0.492 e. The van der Waals surface area contributed by atoms with Gasteiger partial charge in [0.15, 0.2) is 0 Å². The Hall–Kier alpha value is -4.28. The van der Waals surface area contributed by atoms with E-state index in [0.29, 0.717) is 29.2 Å². The summed E-state index contributed by atoms with van der Waals surface area (Å²) in [5.41, 5.74) is 0.780. The highest BCUT2D eigenvalue weighted by Crippen LogP contribution is 2.35. The lowest BCUT2D eigenvalue weighted by Gasteiger charge is -2.13. The molecule has 2 heterocycles. The van der Waals surface area contributed by atoms with Gasteiger partial charge in [-0.15, -0.1) is 10.2 Å². The predicted molar refractivity (Wildman–Crippen MR) is 127 cm³/mol. The van der Waals surface area contributed by atoms with Crippen molar-refractivity contribution in [2.45, 2.75) is 33.4 Å². The monoisotopic (exact) mass is 514 g/mol. The largest absolute Gasteiger partial charge is 0.492 e. The Bertz CT molecular complexity index is 1450. The summed E-state index contributed by atoms with van der Waals surface area (Å²) in [6.07, 6.45) is -3.48. The fraction of sp³-hybridized carbons (Fsp3) is 0.231. The quantitative estimate of drug-likeness (QED) is 0.298. The molecule has 1 amide bonds. The van der Waals surface area contributed by atoms with Gasteiger partial charge in [-0.05, 0) is 55.3 Å². The zero-order chi connectivity index (χ0) is 26.7. The number of hydrogen-bond acceptors (Lipinski definition) is 6. The van der Waals surface area contributed by atoms with Crippen LogP contribution >= 0.6 is 0 Å². The maximum atomic E-state index is 14.9. The lowest BCUT2D eigenvalue weighted by Crippen LogP contribution is -2.16. The van der Waals surface area contributed by atoms with Crippen molar-refractivity contribution < 1.29 is 31.5 Å². The second kappa shape index (κ2) is 10.4. The predicted octanol–water partition coefficient (Wildman–Crippen LogP) is 6.15. The van der Waals surface area contributed by atoms with Gasteiger partial charge in [-0.1, -0.05) is 12.1 Å². The average Bonchev–Trinajstić information content (AvgIpc) is 3.27. The van der Waals surface area contributed by atoms with Crippen molar-refractivity contribution in [1.82, 2.24) is 15.2 Å². The number of aryl methyl sites for hydroxylation is 2. The summed E-state index contributed by atoms with van der Waals surface area (Å²) >= 11 is 0. The van der Waals surface area contributed by atoms with E-state index in [1.165, 1.54) is 25.1 Å². The van der Waals surface area contributed by atoms with Crippen LogP contribution in [0.15, 0.2) is 53.1 Å². The Morgan fingerprint density at radius 1 is 1.03 bits per heavy atom. The van der Waals surface area contributed by atoms with Crippen molar-refractivity contribution in [2.24, 2.45) is 0 Å². The second-order valence-electron chi connectivity index (χ2n) is 8.19. The van der Waals surface area contributed by atoms with Gasteiger partial charge < -0.3 is 14.5 Å². The van der Waals surface area contributed by atoms with E-state index in [1.807, 2.05) is 6.92 Å². The van der Waals surface area contributed by atoms with Crippen LogP contribution < -0.4 is 10.1 Å². The Kier molecular flexibility index (Phi) is 7.23. The molecule has 2 aromatic heterocycles. The third-order valence-electron chi connectivity index (χ3n) is 5.39. The Morgan fingerprint density at radius 3 is 2.46 bits per heavy atom. The highest BCUT2D eigenvalue weighted by atomic mass is 19.4. The number of amides is 1. The maximum absolute atomic E-state index is 14.9. The van der Waals surface area contributed by atoms with E-state index >= 15 is 0 Å². The Balaban J connectivity index is 1.54. The summed E-state index contributed by atoms with van der Waals surface area (Å²) < 4.78 is 65.9. The number of ether oxygens (including phenoxy) is 1. The van der Waals surface area contributed by atoms with Crippen molar-refractivity contribution in [3.8, 4) is 28.3 Å². The first-order valence-corrected chi connectivity index (χ1v) is 11.2. The minimum atomic E-state index is -4.68. The van der Waals surface area contributed by atoms with Crippen molar-refractivity contribution in [2.75, 3.05) is 11.9 Å². The number of halogens is 4. The standard InChI is InChI=1S/C26H22F4N4O3/c1-4-36-23-10-19(13-31-14(23)2)16-5-6-17(22(27)9-16)11-24(35)32-21-8-18(25-34-33-15(3)37-25)7-20(12-21)26(28,29)30/h5-10,12-13H,4,11H2,1-3H3,(H,32,35). The van der Waals surface area contributed by atoms with Crippen LogP contribution in [0.3, 0.4) is 0 Å². The summed E-state index contributed by atoms with van der Waals surface area (Å²) in [7, 11) is 0. The molecule has 0 unspecified atom stereocenters. The summed E-state index contributed by atoms with van der Waals surface area (Å²) in [5.74, 6) is -0.710. The molecule has 37 heavy (non-hydrogen) atoms. The van der Waals surface area contributed by atoms with Crippen LogP contribution in [0.25, 0.3) is 22.6 Å². The van der Waals surface area contributed by atoms with E-state index in [2.05, 4.69) is 20.5 Å². The maximum Gasteiger partial charge on any atom is 0.416 e. The average molecular weight is 514 g/mol. The molecule has 192 valence electrons. The number of hydrogen-bond donors (Lipinski definition) is 1. The SMILES string of the molecule is CCOc1cc(-c2ccc(CC(=O)Nc3cc(-c4nnc(C)o4)cc(C(F)(F)F)c3)c(F)c2)cnc1C. The first-order valence-electron chi connectivity index (χ1n) is 11.2. The van der Waals surface area contributed by atoms with Gasteiger partial charge in [0.1, 0.15) is 11.6 Å². The summed E-state index contributed by atoms with van der Waals surface area (Å²) in [6, 6.07) is 9.01. The van der Waals surface area contributed by atoms with Crippen LogP contribution in [-0.2, 0) is 17.4 Å². The number of alkyl halides is 3. The number of anilines is 1. The van der Waals surface area contributed by atoms with Gasteiger partial charge in [-0.2, -0.15) is 13.2 Å². The molecule has 0 fully saturated rings. The molecule has 0 saturated carbocycles. The van der Waals surface area contributed by atoms with Crippen molar-refractivity contribution in [3.05, 3.63) is 77.2 Å². The lowest BCUT2D eigenvalue weighted by molar-refractivity contribution is -0.137. The van der Waals surface area contributed by atoms with Crippen molar-refractivity contribution in [3.63, 3.8) is 0 Å². The van der Waals surface area contributed by atoms with Gasteiger partial charge in [0.05, 0.1) is 24.3 Å². The third kappa shape index (κ3) is 6.11. The van der Waals surface area contributed by atoms with Crippen LogP contribution in [0, 0.1) is 19.7 Å². The molecule has 4 rings (SSSR count). The molecule has 2 aromatic carbocycles. The Morgan fingerprint density at radius 2 is 1.81 bits per heavy atom. The zero-order valence-electron chi connectivity index (χ0n) is 20.1. The highest BCUT2D eigenvalue weighted by molar-refractivity contribution is 5.93. The van der Waals surface area contributed by atoms with Crippen LogP contribution in [0.1, 0.15) is 29.6 Å². The molecule has 0 bridgehead atoms. The van der Waals surface area contributed by atoms with Gasteiger partial charge in [0.2, 0.25) is 17.7 Å². The van der Waals surface area contributed by atoms with Crippen molar-refractivity contribution >= 4 is 11.6 Å². The molecule has 0 atom stereocenters. The van der Waals surface area contributed by atoms with Gasteiger partial charge in [0.25, 0.3) is 0 Å². The fourth-order valence-corrected chi connectivity index (χ4v) is 3.62. The van der Waals surface area contributed by atoms with E-state index in [-0.39, 0.29) is 28.6 Å². The van der Waals surface area contributed by atoms with Gasteiger partial charge in [-0.3, -0.25) is 9.78 Å². The molecule has 4 aromatic rings.